The SMILES string of the molecule is CCc1cc2c(cc1C(C)=O)N(ON)CCC2(C)C. The first-order valence-corrected chi connectivity index (χ1v) is 6.73. The van der Waals surface area contributed by atoms with E-state index in [1.807, 2.05) is 6.07 Å². The number of hydrogen-bond acceptors (Lipinski definition) is 4. The van der Waals surface area contributed by atoms with Gasteiger partial charge in [0.15, 0.2) is 5.78 Å². The average Bonchev–Trinajstić information content (AvgIpc) is 2.37. The number of hydrogen-bond donors (Lipinski definition) is 1. The fourth-order valence-electron chi connectivity index (χ4n) is 2.75. The molecule has 1 heterocycles. The van der Waals surface area contributed by atoms with Crippen molar-refractivity contribution >= 4 is 11.5 Å². The van der Waals surface area contributed by atoms with Gasteiger partial charge in [-0.1, -0.05) is 26.8 Å². The smallest absolute Gasteiger partial charge is 0.160 e. The second-order valence-corrected chi connectivity index (χ2v) is 5.78. The summed E-state index contributed by atoms with van der Waals surface area (Å²) in [7, 11) is 0. The summed E-state index contributed by atoms with van der Waals surface area (Å²) >= 11 is 0. The zero-order chi connectivity index (χ0) is 14.2. The predicted molar refractivity (Wildman–Crippen MR) is 76.1 cm³/mol. The summed E-state index contributed by atoms with van der Waals surface area (Å²) < 4.78 is 0. The molecule has 0 aliphatic carbocycles. The molecule has 4 nitrogen and oxygen atoms in total. The summed E-state index contributed by atoms with van der Waals surface area (Å²) in [6.45, 7) is 8.84. The van der Waals surface area contributed by atoms with Crippen molar-refractivity contribution in [3.05, 3.63) is 28.8 Å². The summed E-state index contributed by atoms with van der Waals surface area (Å²) in [6.07, 6.45) is 1.82. The molecule has 2 N–H and O–H groups in total. The van der Waals surface area contributed by atoms with Gasteiger partial charge in [0.25, 0.3) is 0 Å². The summed E-state index contributed by atoms with van der Waals surface area (Å²) in [5.74, 6) is 5.43. The van der Waals surface area contributed by atoms with Gasteiger partial charge in [-0.2, -0.15) is 10.8 Å². The number of benzene rings is 1. The fraction of sp³-hybridized carbons (Fsp3) is 0.533. The number of nitrogens with two attached hydrogens (primary N) is 1. The number of anilines is 1. The lowest BCUT2D eigenvalue weighted by atomic mass is 9.76. The van der Waals surface area contributed by atoms with Crippen LogP contribution in [0.25, 0.3) is 0 Å². The largest absolute Gasteiger partial charge is 0.294 e. The zero-order valence-corrected chi connectivity index (χ0v) is 12.1. The van der Waals surface area contributed by atoms with Gasteiger partial charge in [0.1, 0.15) is 0 Å². The Balaban J connectivity index is 2.66. The second-order valence-electron chi connectivity index (χ2n) is 5.78. The highest BCUT2D eigenvalue weighted by molar-refractivity contribution is 5.97. The molecule has 1 aliphatic heterocycles. The van der Waals surface area contributed by atoms with Gasteiger partial charge in [-0.3, -0.25) is 4.79 Å². The molecule has 0 atom stereocenters. The molecule has 19 heavy (non-hydrogen) atoms. The minimum atomic E-state index is 0.0730. The molecule has 0 spiro atoms. The molecule has 1 aliphatic rings. The Morgan fingerprint density at radius 1 is 1.47 bits per heavy atom. The van der Waals surface area contributed by atoms with Crippen LogP contribution in [0.5, 0.6) is 0 Å². The molecule has 104 valence electrons. The van der Waals surface area contributed by atoms with Gasteiger partial charge < -0.3 is 0 Å². The number of fused-ring (bicyclic) bond motifs is 1. The summed E-state index contributed by atoms with van der Waals surface area (Å²) in [5.41, 5.74) is 4.05. The third kappa shape index (κ3) is 2.38. The third-order valence-electron chi connectivity index (χ3n) is 4.05. The molecule has 0 aromatic heterocycles. The summed E-state index contributed by atoms with van der Waals surface area (Å²) in [6, 6.07) is 4.06. The molecule has 0 saturated heterocycles. The van der Waals surface area contributed by atoms with E-state index in [-0.39, 0.29) is 11.2 Å². The van der Waals surface area contributed by atoms with Crippen LogP contribution in [0.3, 0.4) is 0 Å². The average molecular weight is 262 g/mol. The fourth-order valence-corrected chi connectivity index (χ4v) is 2.75. The first-order chi connectivity index (χ1) is 8.90. The van der Waals surface area contributed by atoms with Crippen LogP contribution in [-0.2, 0) is 16.8 Å². The second kappa shape index (κ2) is 4.94. The van der Waals surface area contributed by atoms with Crippen molar-refractivity contribution in [2.24, 2.45) is 5.90 Å². The Bertz CT molecular complexity index is 509. The van der Waals surface area contributed by atoms with E-state index in [0.29, 0.717) is 0 Å². The van der Waals surface area contributed by atoms with Crippen LogP contribution in [0.15, 0.2) is 12.1 Å². The summed E-state index contributed by atoms with van der Waals surface area (Å²) in [4.78, 5) is 16.7. The highest BCUT2D eigenvalue weighted by atomic mass is 16.8. The number of rotatable bonds is 3. The van der Waals surface area contributed by atoms with Crippen molar-refractivity contribution in [3.8, 4) is 0 Å². The first kappa shape index (κ1) is 14.0. The van der Waals surface area contributed by atoms with E-state index in [2.05, 4.69) is 26.8 Å². The molecule has 1 aromatic rings. The Kier molecular flexibility index (Phi) is 3.65. The van der Waals surface area contributed by atoms with Crippen LogP contribution in [0.1, 0.15) is 55.6 Å². The maximum atomic E-state index is 11.8. The quantitative estimate of drug-likeness (QED) is 0.672. The van der Waals surface area contributed by atoms with Gasteiger partial charge in [0, 0.05) is 12.1 Å². The Labute approximate surface area is 114 Å². The molecule has 4 heteroatoms. The van der Waals surface area contributed by atoms with Gasteiger partial charge >= 0.3 is 0 Å². The van der Waals surface area contributed by atoms with E-state index in [1.54, 1.807) is 12.0 Å². The van der Waals surface area contributed by atoms with Crippen molar-refractivity contribution in [3.63, 3.8) is 0 Å². The number of Topliss-reactive ketones (excluding diaryl/α,β-unsaturated/α-hetero) is 1. The molecule has 0 fully saturated rings. The van der Waals surface area contributed by atoms with Crippen LogP contribution in [0.4, 0.5) is 5.69 Å². The Morgan fingerprint density at radius 2 is 2.16 bits per heavy atom. The first-order valence-electron chi connectivity index (χ1n) is 6.73. The summed E-state index contributed by atoms with van der Waals surface area (Å²) in [5, 5.41) is 1.67. The van der Waals surface area contributed by atoms with Crippen molar-refractivity contribution < 1.29 is 9.73 Å². The van der Waals surface area contributed by atoms with Crippen LogP contribution < -0.4 is 11.0 Å². The van der Waals surface area contributed by atoms with Crippen LogP contribution >= 0.6 is 0 Å². The number of aryl methyl sites for hydroxylation is 1. The topological polar surface area (TPSA) is 55.6 Å². The zero-order valence-electron chi connectivity index (χ0n) is 12.1. The van der Waals surface area contributed by atoms with Crippen molar-refractivity contribution in [2.45, 2.75) is 46.0 Å². The highest BCUT2D eigenvalue weighted by Gasteiger charge is 2.33. The maximum absolute atomic E-state index is 11.8. The lowest BCUT2D eigenvalue weighted by Gasteiger charge is -2.38. The monoisotopic (exact) mass is 262 g/mol. The third-order valence-corrected chi connectivity index (χ3v) is 4.05. The Hall–Kier alpha value is -1.39. The van der Waals surface area contributed by atoms with Crippen molar-refractivity contribution in [1.29, 1.82) is 0 Å². The maximum Gasteiger partial charge on any atom is 0.160 e. The van der Waals surface area contributed by atoms with E-state index in [0.717, 1.165) is 36.2 Å². The van der Waals surface area contributed by atoms with E-state index in [4.69, 9.17) is 10.8 Å². The predicted octanol–water partition coefficient (Wildman–Crippen LogP) is 2.74. The minimum Gasteiger partial charge on any atom is -0.294 e. The van der Waals surface area contributed by atoms with Crippen molar-refractivity contribution in [2.75, 3.05) is 11.6 Å². The van der Waals surface area contributed by atoms with E-state index in [1.165, 1.54) is 5.56 Å². The molecular formula is C15H22N2O2. The van der Waals surface area contributed by atoms with E-state index >= 15 is 0 Å². The molecular weight excluding hydrogens is 240 g/mol. The molecule has 0 unspecified atom stereocenters. The van der Waals surface area contributed by atoms with Crippen LogP contribution in [-0.4, -0.2) is 12.3 Å². The van der Waals surface area contributed by atoms with E-state index in [9.17, 15) is 4.79 Å². The van der Waals surface area contributed by atoms with Gasteiger partial charge in [-0.25, -0.2) is 5.06 Å². The standard InChI is InChI=1S/C15H22N2O2/c1-5-11-8-13-14(9-12(11)10(2)18)17(19-16)7-6-15(13,3)4/h8-9H,5-7,16H2,1-4H3. The van der Waals surface area contributed by atoms with Crippen LogP contribution in [0, 0.1) is 0 Å². The van der Waals surface area contributed by atoms with Gasteiger partial charge in [0.2, 0.25) is 0 Å². The highest BCUT2D eigenvalue weighted by Crippen LogP contribution is 2.41. The minimum absolute atomic E-state index is 0.0730. The number of ketones is 1. The molecule has 0 amide bonds. The molecule has 1 aromatic carbocycles. The van der Waals surface area contributed by atoms with Crippen LogP contribution in [0.2, 0.25) is 0 Å². The lowest BCUT2D eigenvalue weighted by Crippen LogP contribution is -2.39. The normalized spacial score (nSPS) is 17.2. The molecule has 2 rings (SSSR count). The number of hydroxylamine groups is 1. The molecule has 0 bridgehead atoms. The number of nitrogens with zero attached hydrogens (tertiary/aromatic N) is 1. The number of carbonyl (C=O) groups excluding carboxylic acids is 1. The van der Waals surface area contributed by atoms with Gasteiger partial charge in [0.05, 0.1) is 5.69 Å². The molecule has 0 saturated carbocycles. The van der Waals surface area contributed by atoms with E-state index < -0.39 is 0 Å². The number of carbonyl (C=O) groups is 1. The molecule has 0 radical (unpaired) electrons. The van der Waals surface area contributed by atoms with Crippen molar-refractivity contribution in [1.82, 2.24) is 0 Å². The lowest BCUT2D eigenvalue weighted by molar-refractivity contribution is 0.0986. The van der Waals surface area contributed by atoms with Gasteiger partial charge in [-0.05, 0) is 42.4 Å². The van der Waals surface area contributed by atoms with Gasteiger partial charge in [-0.15, -0.1) is 0 Å². The Morgan fingerprint density at radius 3 is 2.68 bits per heavy atom.